The maximum Gasteiger partial charge on any atom is 0.224 e. The summed E-state index contributed by atoms with van der Waals surface area (Å²) in [4.78, 5) is 14.1. The first kappa shape index (κ1) is 21.3. The topological polar surface area (TPSA) is 54.5 Å². The molecule has 0 aromatic heterocycles. The van der Waals surface area contributed by atoms with Crippen LogP contribution in [0.2, 0.25) is 0 Å². The fraction of sp³-hybridized carbons (Fsp3) is 0.250. The van der Waals surface area contributed by atoms with E-state index in [9.17, 15) is 17.6 Å². The predicted molar refractivity (Wildman–Crippen MR) is 108 cm³/mol. The van der Waals surface area contributed by atoms with E-state index in [-0.39, 0.29) is 36.1 Å². The Hall–Kier alpha value is -1.99. The Balaban J connectivity index is 2.09. The maximum absolute atomic E-state index is 14.0. The third-order valence-corrected chi connectivity index (χ3v) is 6.26. The van der Waals surface area contributed by atoms with Gasteiger partial charge in [-0.1, -0.05) is 39.7 Å². The highest BCUT2D eigenvalue weighted by Crippen LogP contribution is 2.18. The molecule has 4 nitrogen and oxygen atoms in total. The minimum atomic E-state index is -3.56. The molecule has 0 aliphatic carbocycles. The molecule has 0 unspecified atom stereocenters. The van der Waals surface area contributed by atoms with Crippen LogP contribution in [-0.2, 0) is 21.2 Å². The number of carbonyl (C=O) groups excluding carboxylic acids is 1. The summed E-state index contributed by atoms with van der Waals surface area (Å²) in [6, 6.07) is 11.0. The van der Waals surface area contributed by atoms with Crippen LogP contribution >= 0.6 is 15.9 Å². The number of carbonyl (C=O) groups is 1. The van der Waals surface area contributed by atoms with E-state index in [2.05, 4.69) is 22.5 Å². The van der Waals surface area contributed by atoms with Crippen molar-refractivity contribution in [1.82, 2.24) is 4.90 Å². The Morgan fingerprint density at radius 1 is 1.22 bits per heavy atom. The summed E-state index contributed by atoms with van der Waals surface area (Å²) in [7, 11) is -3.56. The first-order chi connectivity index (χ1) is 12.7. The van der Waals surface area contributed by atoms with Gasteiger partial charge in [-0.15, -0.1) is 6.58 Å². The van der Waals surface area contributed by atoms with Crippen molar-refractivity contribution in [2.45, 2.75) is 24.8 Å². The van der Waals surface area contributed by atoms with E-state index < -0.39 is 15.7 Å². The van der Waals surface area contributed by atoms with Gasteiger partial charge in [0.25, 0.3) is 0 Å². The van der Waals surface area contributed by atoms with Crippen LogP contribution < -0.4 is 0 Å². The van der Waals surface area contributed by atoms with Crippen molar-refractivity contribution in [2.24, 2.45) is 0 Å². The number of hydrogen-bond donors (Lipinski definition) is 0. The molecule has 0 bridgehead atoms. The number of sulfone groups is 1. The molecular formula is C20H21BrFNO3S. The van der Waals surface area contributed by atoms with Gasteiger partial charge in [0.2, 0.25) is 5.91 Å². The molecule has 0 heterocycles. The fourth-order valence-corrected chi connectivity index (χ4v) is 4.16. The molecule has 0 N–H and O–H groups in total. The average molecular weight is 454 g/mol. The van der Waals surface area contributed by atoms with E-state index in [4.69, 9.17) is 0 Å². The lowest BCUT2D eigenvalue weighted by Crippen LogP contribution is -2.32. The molecule has 2 aromatic rings. The maximum atomic E-state index is 14.0. The molecule has 0 fully saturated rings. The van der Waals surface area contributed by atoms with Gasteiger partial charge in [-0.2, -0.15) is 0 Å². The molecule has 0 saturated heterocycles. The molecule has 2 aromatic carbocycles. The van der Waals surface area contributed by atoms with Crippen LogP contribution in [0.15, 0.2) is 64.5 Å². The summed E-state index contributed by atoms with van der Waals surface area (Å²) in [5.41, 5.74) is 1.30. The van der Waals surface area contributed by atoms with E-state index >= 15 is 0 Å². The second-order valence-electron chi connectivity index (χ2n) is 6.18. The first-order valence-corrected chi connectivity index (χ1v) is 10.8. The van der Waals surface area contributed by atoms with Crippen molar-refractivity contribution < 1.29 is 17.6 Å². The van der Waals surface area contributed by atoms with Gasteiger partial charge in [-0.25, -0.2) is 12.8 Å². The molecule has 7 heteroatoms. The summed E-state index contributed by atoms with van der Waals surface area (Å²) in [6.45, 7) is 5.73. The van der Waals surface area contributed by atoms with Gasteiger partial charge in [-0.05, 0) is 37.3 Å². The predicted octanol–water partition coefficient (Wildman–Crippen LogP) is 4.28. The van der Waals surface area contributed by atoms with Crippen molar-refractivity contribution in [2.75, 3.05) is 12.3 Å². The van der Waals surface area contributed by atoms with E-state index in [0.29, 0.717) is 10.0 Å². The summed E-state index contributed by atoms with van der Waals surface area (Å²) in [5, 5.41) is 0. The van der Waals surface area contributed by atoms with E-state index in [1.54, 1.807) is 24.3 Å². The number of hydrogen-bond acceptors (Lipinski definition) is 3. The zero-order valence-corrected chi connectivity index (χ0v) is 17.4. The lowest BCUT2D eigenvalue weighted by atomic mass is 10.2. The largest absolute Gasteiger partial charge is 0.335 e. The van der Waals surface area contributed by atoms with Crippen LogP contribution in [0.5, 0.6) is 0 Å². The van der Waals surface area contributed by atoms with Crippen molar-refractivity contribution in [3.63, 3.8) is 0 Å². The second kappa shape index (κ2) is 9.28. The monoisotopic (exact) mass is 453 g/mol. The number of halogens is 2. The highest BCUT2D eigenvalue weighted by Gasteiger charge is 2.20. The van der Waals surface area contributed by atoms with E-state index in [0.717, 1.165) is 5.56 Å². The third kappa shape index (κ3) is 6.01. The Kier molecular flexibility index (Phi) is 7.33. The Bertz CT molecular complexity index is 927. The van der Waals surface area contributed by atoms with Crippen molar-refractivity contribution >= 4 is 31.7 Å². The smallest absolute Gasteiger partial charge is 0.224 e. The molecule has 0 atom stereocenters. The van der Waals surface area contributed by atoms with Gasteiger partial charge >= 0.3 is 0 Å². The Labute approximate surface area is 167 Å². The van der Waals surface area contributed by atoms with Crippen molar-refractivity contribution in [3.8, 4) is 0 Å². The molecule has 0 saturated carbocycles. The molecule has 0 aliphatic heterocycles. The molecule has 0 radical (unpaired) electrons. The van der Waals surface area contributed by atoms with Gasteiger partial charge in [0.1, 0.15) is 5.82 Å². The summed E-state index contributed by atoms with van der Waals surface area (Å²) >= 11 is 3.28. The lowest BCUT2D eigenvalue weighted by molar-refractivity contribution is -0.130. The van der Waals surface area contributed by atoms with E-state index in [1.165, 1.54) is 29.2 Å². The Morgan fingerprint density at radius 2 is 1.89 bits per heavy atom. The highest BCUT2D eigenvalue weighted by atomic mass is 79.9. The van der Waals surface area contributed by atoms with Crippen LogP contribution in [0.25, 0.3) is 0 Å². The molecule has 2 rings (SSSR count). The van der Waals surface area contributed by atoms with Gasteiger partial charge in [0.05, 0.1) is 10.6 Å². The first-order valence-electron chi connectivity index (χ1n) is 8.35. The molecule has 1 amide bonds. The molecule has 144 valence electrons. The summed E-state index contributed by atoms with van der Waals surface area (Å²) in [5.74, 6) is -1.10. The molecular weight excluding hydrogens is 433 g/mol. The molecule has 27 heavy (non-hydrogen) atoms. The molecule has 0 aliphatic rings. The fourth-order valence-electron chi connectivity index (χ4n) is 2.52. The number of benzene rings is 2. The van der Waals surface area contributed by atoms with Gasteiger partial charge in [-0.3, -0.25) is 4.79 Å². The Morgan fingerprint density at radius 3 is 2.52 bits per heavy atom. The number of nitrogens with zero attached hydrogens (tertiary/aromatic N) is 1. The molecule has 0 spiro atoms. The van der Waals surface area contributed by atoms with Gasteiger partial charge in [0.15, 0.2) is 9.84 Å². The zero-order valence-electron chi connectivity index (χ0n) is 15.0. The van der Waals surface area contributed by atoms with Gasteiger partial charge < -0.3 is 4.90 Å². The van der Waals surface area contributed by atoms with Crippen LogP contribution in [0.4, 0.5) is 4.39 Å². The van der Waals surface area contributed by atoms with Crippen LogP contribution in [-0.4, -0.2) is 31.5 Å². The number of rotatable bonds is 8. The third-order valence-electron chi connectivity index (χ3n) is 4.04. The minimum Gasteiger partial charge on any atom is -0.335 e. The SMILES string of the molecule is C=CCN(Cc1cc(Br)ccc1F)C(=O)CCS(=O)(=O)c1ccc(C)cc1. The second-order valence-corrected chi connectivity index (χ2v) is 9.21. The van der Waals surface area contributed by atoms with Crippen LogP contribution in [0.1, 0.15) is 17.5 Å². The van der Waals surface area contributed by atoms with Gasteiger partial charge in [0, 0.05) is 29.5 Å². The highest BCUT2D eigenvalue weighted by molar-refractivity contribution is 9.10. The van der Waals surface area contributed by atoms with Crippen molar-refractivity contribution in [3.05, 3.63) is 76.5 Å². The standard InChI is InChI=1S/C20H21BrFNO3S/c1-3-11-23(14-16-13-17(21)6-9-19(16)22)20(24)10-12-27(25,26)18-7-4-15(2)5-8-18/h3-9,13H,1,10-12,14H2,2H3. The zero-order chi connectivity index (χ0) is 20.0. The van der Waals surface area contributed by atoms with Crippen LogP contribution in [0.3, 0.4) is 0 Å². The van der Waals surface area contributed by atoms with Crippen LogP contribution in [0, 0.1) is 12.7 Å². The average Bonchev–Trinajstić information content (AvgIpc) is 2.62. The van der Waals surface area contributed by atoms with E-state index in [1.807, 2.05) is 6.92 Å². The summed E-state index contributed by atoms with van der Waals surface area (Å²) < 4.78 is 39.5. The normalized spacial score (nSPS) is 11.2. The number of amides is 1. The van der Waals surface area contributed by atoms with Crippen molar-refractivity contribution in [1.29, 1.82) is 0 Å². The number of aryl methyl sites for hydroxylation is 1. The summed E-state index contributed by atoms with van der Waals surface area (Å²) in [6.07, 6.45) is 1.35. The quantitative estimate of drug-likeness (QED) is 0.560. The lowest BCUT2D eigenvalue weighted by Gasteiger charge is -2.22. The minimum absolute atomic E-state index is 0.0424.